The second kappa shape index (κ2) is 7.40. The van der Waals surface area contributed by atoms with Crippen LogP contribution in [0.15, 0.2) is 0 Å². The summed E-state index contributed by atoms with van der Waals surface area (Å²) in [6.45, 7) is 5.97. The van der Waals surface area contributed by atoms with Crippen LogP contribution in [-0.2, 0) is 10.2 Å². The van der Waals surface area contributed by atoms with Crippen LogP contribution >= 0.6 is 0 Å². The highest BCUT2D eigenvalue weighted by Gasteiger charge is 2.30. The van der Waals surface area contributed by atoms with Crippen LogP contribution in [0.5, 0.6) is 0 Å². The summed E-state index contributed by atoms with van der Waals surface area (Å²) in [7, 11) is -3.45. The van der Waals surface area contributed by atoms with Gasteiger partial charge in [0.15, 0.2) is 0 Å². The molecule has 1 rings (SSSR count). The quantitative estimate of drug-likeness (QED) is 0.635. The standard InChI is InChI=1S/C11H25N3O3S/c1-3-13(4-2)18(16,17)14(8-9-15)10-11-6-5-7-12-11/h11-12,15H,3-10H2,1-2H3. The third kappa shape index (κ3) is 3.89. The molecule has 1 aliphatic heterocycles. The number of aliphatic hydroxyl groups excluding tert-OH is 1. The van der Waals surface area contributed by atoms with Crippen molar-refractivity contribution >= 4 is 10.2 Å². The molecule has 1 saturated heterocycles. The normalized spacial score (nSPS) is 21.1. The second-order valence-electron chi connectivity index (χ2n) is 4.47. The fraction of sp³-hybridized carbons (Fsp3) is 1.00. The molecule has 1 heterocycles. The Morgan fingerprint density at radius 1 is 1.28 bits per heavy atom. The van der Waals surface area contributed by atoms with Crippen molar-refractivity contribution in [2.75, 3.05) is 39.3 Å². The molecule has 1 aliphatic rings. The molecule has 2 N–H and O–H groups in total. The highest BCUT2D eigenvalue weighted by Crippen LogP contribution is 2.13. The third-order valence-corrected chi connectivity index (χ3v) is 5.45. The molecule has 0 aliphatic carbocycles. The average molecular weight is 279 g/mol. The summed E-state index contributed by atoms with van der Waals surface area (Å²) >= 11 is 0. The highest BCUT2D eigenvalue weighted by atomic mass is 32.2. The van der Waals surface area contributed by atoms with E-state index in [1.165, 1.54) is 8.61 Å². The number of rotatable bonds is 8. The molecule has 1 unspecified atom stereocenters. The van der Waals surface area contributed by atoms with Gasteiger partial charge >= 0.3 is 0 Å². The highest BCUT2D eigenvalue weighted by molar-refractivity contribution is 7.86. The van der Waals surface area contributed by atoms with Crippen molar-refractivity contribution in [2.24, 2.45) is 0 Å². The topological polar surface area (TPSA) is 72.9 Å². The van der Waals surface area contributed by atoms with Gasteiger partial charge < -0.3 is 10.4 Å². The predicted octanol–water partition coefficient (Wildman–Crippen LogP) is -0.381. The van der Waals surface area contributed by atoms with Crippen LogP contribution in [0.1, 0.15) is 26.7 Å². The van der Waals surface area contributed by atoms with E-state index in [1.807, 2.05) is 13.8 Å². The summed E-state index contributed by atoms with van der Waals surface area (Å²) < 4.78 is 27.6. The Labute approximate surface area is 110 Å². The van der Waals surface area contributed by atoms with Gasteiger partial charge in [0.1, 0.15) is 0 Å². The zero-order valence-corrected chi connectivity index (χ0v) is 12.1. The molecular formula is C11H25N3O3S. The number of hydrogen-bond donors (Lipinski definition) is 2. The smallest absolute Gasteiger partial charge is 0.282 e. The van der Waals surface area contributed by atoms with Crippen LogP contribution in [-0.4, -0.2) is 67.5 Å². The third-order valence-electron chi connectivity index (χ3n) is 3.29. The Bertz CT molecular complexity index is 324. The van der Waals surface area contributed by atoms with Crippen LogP contribution in [0, 0.1) is 0 Å². The fourth-order valence-electron chi connectivity index (χ4n) is 2.28. The lowest BCUT2D eigenvalue weighted by molar-refractivity contribution is 0.237. The maximum absolute atomic E-state index is 12.4. The zero-order valence-electron chi connectivity index (χ0n) is 11.3. The first-order valence-corrected chi connectivity index (χ1v) is 8.05. The van der Waals surface area contributed by atoms with E-state index in [1.54, 1.807) is 0 Å². The van der Waals surface area contributed by atoms with Gasteiger partial charge in [-0.3, -0.25) is 0 Å². The summed E-state index contributed by atoms with van der Waals surface area (Å²) in [5.74, 6) is 0. The van der Waals surface area contributed by atoms with E-state index >= 15 is 0 Å². The zero-order chi connectivity index (χ0) is 13.6. The first-order chi connectivity index (χ1) is 8.56. The fourth-order valence-corrected chi connectivity index (χ4v) is 3.94. The monoisotopic (exact) mass is 279 g/mol. The molecule has 7 heteroatoms. The van der Waals surface area contributed by atoms with Crippen molar-refractivity contribution in [1.82, 2.24) is 13.9 Å². The Balaban J connectivity index is 2.75. The van der Waals surface area contributed by atoms with Gasteiger partial charge in [-0.25, -0.2) is 0 Å². The maximum atomic E-state index is 12.4. The van der Waals surface area contributed by atoms with Crippen molar-refractivity contribution in [2.45, 2.75) is 32.7 Å². The molecule has 0 spiro atoms. The lowest BCUT2D eigenvalue weighted by Gasteiger charge is -2.29. The summed E-state index contributed by atoms with van der Waals surface area (Å²) in [4.78, 5) is 0. The van der Waals surface area contributed by atoms with Crippen molar-refractivity contribution in [3.8, 4) is 0 Å². The lowest BCUT2D eigenvalue weighted by Crippen LogP contribution is -2.49. The number of hydrogen-bond acceptors (Lipinski definition) is 4. The molecule has 1 fully saturated rings. The molecule has 0 bridgehead atoms. The molecule has 0 amide bonds. The van der Waals surface area contributed by atoms with E-state index in [0.29, 0.717) is 19.6 Å². The van der Waals surface area contributed by atoms with Crippen molar-refractivity contribution < 1.29 is 13.5 Å². The summed E-state index contributed by atoms with van der Waals surface area (Å²) in [5.41, 5.74) is 0. The molecule has 18 heavy (non-hydrogen) atoms. The van der Waals surface area contributed by atoms with E-state index in [0.717, 1.165) is 19.4 Å². The summed E-state index contributed by atoms with van der Waals surface area (Å²) in [6, 6.07) is 0.210. The Hall–Kier alpha value is -0.210. The van der Waals surface area contributed by atoms with Gasteiger partial charge in [0.25, 0.3) is 10.2 Å². The van der Waals surface area contributed by atoms with Gasteiger partial charge in [0.2, 0.25) is 0 Å². The van der Waals surface area contributed by atoms with Gasteiger partial charge in [-0.15, -0.1) is 0 Å². The van der Waals surface area contributed by atoms with E-state index in [2.05, 4.69) is 5.32 Å². The largest absolute Gasteiger partial charge is 0.395 e. The molecule has 6 nitrogen and oxygen atoms in total. The Kier molecular flexibility index (Phi) is 6.51. The summed E-state index contributed by atoms with van der Waals surface area (Å²) in [5, 5.41) is 12.3. The number of nitrogens with zero attached hydrogens (tertiary/aromatic N) is 2. The minimum absolute atomic E-state index is 0.146. The minimum Gasteiger partial charge on any atom is -0.395 e. The van der Waals surface area contributed by atoms with Gasteiger partial charge in [-0.1, -0.05) is 13.8 Å². The lowest BCUT2D eigenvalue weighted by atomic mass is 10.2. The minimum atomic E-state index is -3.45. The molecule has 1 atom stereocenters. The van der Waals surface area contributed by atoms with Crippen molar-refractivity contribution in [1.29, 1.82) is 0 Å². The first-order valence-electron chi connectivity index (χ1n) is 6.65. The van der Waals surface area contributed by atoms with Gasteiger partial charge in [0.05, 0.1) is 6.61 Å². The molecule has 0 radical (unpaired) electrons. The van der Waals surface area contributed by atoms with Gasteiger partial charge in [-0.05, 0) is 19.4 Å². The Morgan fingerprint density at radius 3 is 2.39 bits per heavy atom. The van der Waals surface area contributed by atoms with E-state index in [9.17, 15) is 8.42 Å². The predicted molar refractivity (Wildman–Crippen MR) is 71.5 cm³/mol. The molecule has 108 valence electrons. The Morgan fingerprint density at radius 2 is 1.94 bits per heavy atom. The average Bonchev–Trinajstić information content (AvgIpc) is 2.82. The van der Waals surface area contributed by atoms with Crippen LogP contribution in [0.3, 0.4) is 0 Å². The molecule has 0 aromatic carbocycles. The molecular weight excluding hydrogens is 254 g/mol. The van der Waals surface area contributed by atoms with E-state index in [-0.39, 0.29) is 19.2 Å². The molecule has 0 aromatic heterocycles. The van der Waals surface area contributed by atoms with E-state index in [4.69, 9.17) is 5.11 Å². The number of aliphatic hydroxyl groups is 1. The van der Waals surface area contributed by atoms with Gasteiger partial charge in [-0.2, -0.15) is 17.0 Å². The van der Waals surface area contributed by atoms with Crippen LogP contribution < -0.4 is 5.32 Å². The second-order valence-corrected chi connectivity index (χ2v) is 6.40. The van der Waals surface area contributed by atoms with Crippen LogP contribution in [0.4, 0.5) is 0 Å². The van der Waals surface area contributed by atoms with Crippen molar-refractivity contribution in [3.63, 3.8) is 0 Å². The molecule has 0 aromatic rings. The summed E-state index contributed by atoms with van der Waals surface area (Å²) in [6.07, 6.45) is 2.08. The first kappa shape index (κ1) is 15.8. The maximum Gasteiger partial charge on any atom is 0.282 e. The van der Waals surface area contributed by atoms with Crippen LogP contribution in [0.2, 0.25) is 0 Å². The SMILES string of the molecule is CCN(CC)S(=O)(=O)N(CCO)CC1CCCN1. The molecule has 0 saturated carbocycles. The van der Waals surface area contributed by atoms with E-state index < -0.39 is 10.2 Å². The van der Waals surface area contributed by atoms with Crippen LogP contribution in [0.25, 0.3) is 0 Å². The van der Waals surface area contributed by atoms with Gasteiger partial charge in [0, 0.05) is 32.2 Å². The number of nitrogens with one attached hydrogen (secondary N) is 1. The van der Waals surface area contributed by atoms with Crippen molar-refractivity contribution in [3.05, 3.63) is 0 Å².